The molecule has 0 saturated heterocycles. The first kappa shape index (κ1) is 24.9. The largest absolute Gasteiger partial charge is 0.497 e. The van der Waals surface area contributed by atoms with Crippen LogP contribution >= 0.6 is 24.0 Å². The molecule has 1 aliphatic rings. The summed E-state index contributed by atoms with van der Waals surface area (Å²) in [5.41, 5.74) is 1.76. The predicted molar refractivity (Wildman–Crippen MR) is 130 cm³/mol. The van der Waals surface area contributed by atoms with Gasteiger partial charge in [-0.25, -0.2) is 0 Å². The second-order valence-electron chi connectivity index (χ2n) is 6.90. The van der Waals surface area contributed by atoms with Crippen LogP contribution in [0, 0.1) is 0 Å². The molecule has 0 saturated carbocycles. The molecule has 2 N–H and O–H groups in total. The standard InChI is InChI=1S/C22H29N3O5.HI/c1-5-23-22(25(2)13-15-6-7-20-21(8-15)30-14-29-20)24-12-19(26)16-9-17(27-3)11-18(10-16)28-4;/h6-11,19,26H,5,12-14H2,1-4H3,(H,23,24);1H. The highest BCUT2D eigenvalue weighted by Gasteiger charge is 2.16. The van der Waals surface area contributed by atoms with Crippen LogP contribution < -0.4 is 24.3 Å². The van der Waals surface area contributed by atoms with Gasteiger partial charge in [0.1, 0.15) is 11.5 Å². The van der Waals surface area contributed by atoms with E-state index in [1.165, 1.54) is 0 Å². The van der Waals surface area contributed by atoms with Gasteiger partial charge in [-0.05, 0) is 42.3 Å². The SMILES string of the molecule is CCNC(=NCC(O)c1cc(OC)cc(OC)c1)N(C)Cc1ccc2c(c1)OCO2.I. The Morgan fingerprint density at radius 3 is 2.45 bits per heavy atom. The van der Waals surface area contributed by atoms with Crippen LogP contribution in [0.2, 0.25) is 0 Å². The van der Waals surface area contributed by atoms with Crippen molar-refractivity contribution in [1.29, 1.82) is 0 Å². The number of aliphatic hydroxyl groups is 1. The molecule has 0 radical (unpaired) electrons. The second kappa shape index (κ2) is 11.8. The molecule has 1 aliphatic heterocycles. The first-order valence-electron chi connectivity index (χ1n) is 9.83. The average Bonchev–Trinajstić information content (AvgIpc) is 3.23. The molecule has 1 heterocycles. The lowest BCUT2D eigenvalue weighted by atomic mass is 10.1. The summed E-state index contributed by atoms with van der Waals surface area (Å²) in [5.74, 6) is 3.46. The molecule has 1 atom stereocenters. The zero-order valence-electron chi connectivity index (χ0n) is 18.3. The van der Waals surface area contributed by atoms with Crippen molar-refractivity contribution in [2.24, 2.45) is 4.99 Å². The number of benzene rings is 2. The van der Waals surface area contributed by atoms with Crippen molar-refractivity contribution in [3.8, 4) is 23.0 Å². The Balaban J connectivity index is 0.00000341. The number of aliphatic imine (C=N–C) groups is 1. The maximum atomic E-state index is 10.7. The van der Waals surface area contributed by atoms with Crippen LogP contribution in [0.3, 0.4) is 0 Å². The van der Waals surface area contributed by atoms with E-state index in [4.69, 9.17) is 18.9 Å². The van der Waals surface area contributed by atoms with Gasteiger partial charge in [0, 0.05) is 26.2 Å². The van der Waals surface area contributed by atoms with Gasteiger partial charge in [-0.2, -0.15) is 0 Å². The van der Waals surface area contributed by atoms with Crippen LogP contribution in [0.5, 0.6) is 23.0 Å². The van der Waals surface area contributed by atoms with Gasteiger partial charge in [-0.15, -0.1) is 24.0 Å². The molecule has 170 valence electrons. The van der Waals surface area contributed by atoms with E-state index in [0.717, 1.165) is 17.1 Å². The first-order valence-corrected chi connectivity index (χ1v) is 9.83. The summed E-state index contributed by atoms with van der Waals surface area (Å²) in [6, 6.07) is 11.2. The number of fused-ring (bicyclic) bond motifs is 1. The van der Waals surface area contributed by atoms with Crippen LogP contribution in [0.25, 0.3) is 0 Å². The lowest BCUT2D eigenvalue weighted by Crippen LogP contribution is -2.38. The molecule has 3 rings (SSSR count). The number of hydrogen-bond donors (Lipinski definition) is 2. The number of aliphatic hydroxyl groups excluding tert-OH is 1. The molecule has 0 aromatic heterocycles. The molecule has 8 nitrogen and oxygen atoms in total. The van der Waals surface area contributed by atoms with Gasteiger partial charge in [0.05, 0.1) is 26.9 Å². The fourth-order valence-electron chi connectivity index (χ4n) is 3.16. The third kappa shape index (κ3) is 6.54. The Morgan fingerprint density at radius 1 is 1.13 bits per heavy atom. The molecule has 9 heteroatoms. The summed E-state index contributed by atoms with van der Waals surface area (Å²) in [4.78, 5) is 6.61. The van der Waals surface area contributed by atoms with Gasteiger partial charge in [0.2, 0.25) is 6.79 Å². The molecule has 31 heavy (non-hydrogen) atoms. The Labute approximate surface area is 200 Å². The number of nitrogens with one attached hydrogen (secondary N) is 1. The quantitative estimate of drug-likeness (QED) is 0.301. The van der Waals surface area contributed by atoms with Crippen molar-refractivity contribution in [3.63, 3.8) is 0 Å². The van der Waals surface area contributed by atoms with Crippen molar-refractivity contribution in [2.75, 3.05) is 41.1 Å². The number of ether oxygens (including phenoxy) is 4. The van der Waals surface area contributed by atoms with E-state index < -0.39 is 6.10 Å². The topological polar surface area (TPSA) is 84.8 Å². The molecular weight excluding hydrogens is 513 g/mol. The minimum Gasteiger partial charge on any atom is -0.497 e. The molecule has 0 spiro atoms. The lowest BCUT2D eigenvalue weighted by Gasteiger charge is -2.23. The fourth-order valence-corrected chi connectivity index (χ4v) is 3.16. The van der Waals surface area contributed by atoms with Crippen molar-refractivity contribution in [1.82, 2.24) is 10.2 Å². The molecule has 0 aliphatic carbocycles. The summed E-state index contributed by atoms with van der Waals surface area (Å²) < 4.78 is 21.4. The molecule has 0 amide bonds. The third-order valence-electron chi connectivity index (χ3n) is 4.73. The Kier molecular flexibility index (Phi) is 9.50. The molecule has 2 aromatic rings. The maximum Gasteiger partial charge on any atom is 0.231 e. The number of guanidine groups is 1. The maximum absolute atomic E-state index is 10.7. The van der Waals surface area contributed by atoms with Gasteiger partial charge < -0.3 is 34.3 Å². The van der Waals surface area contributed by atoms with Gasteiger partial charge >= 0.3 is 0 Å². The summed E-state index contributed by atoms with van der Waals surface area (Å²) >= 11 is 0. The van der Waals surface area contributed by atoms with Crippen molar-refractivity contribution in [3.05, 3.63) is 47.5 Å². The highest BCUT2D eigenvalue weighted by molar-refractivity contribution is 14.0. The number of rotatable bonds is 8. The summed E-state index contributed by atoms with van der Waals surface area (Å²) in [6.45, 7) is 3.81. The van der Waals surface area contributed by atoms with E-state index >= 15 is 0 Å². The van der Waals surface area contributed by atoms with Crippen LogP contribution in [0.4, 0.5) is 0 Å². The van der Waals surface area contributed by atoms with Crippen molar-refractivity contribution < 1.29 is 24.1 Å². The monoisotopic (exact) mass is 543 g/mol. The van der Waals surface area contributed by atoms with Crippen LogP contribution in [0.15, 0.2) is 41.4 Å². The lowest BCUT2D eigenvalue weighted by molar-refractivity contribution is 0.174. The van der Waals surface area contributed by atoms with E-state index in [2.05, 4.69) is 10.3 Å². The summed E-state index contributed by atoms with van der Waals surface area (Å²) in [5, 5.41) is 13.9. The van der Waals surface area contributed by atoms with Gasteiger partial charge in [-0.3, -0.25) is 4.99 Å². The molecule has 2 aromatic carbocycles. The molecule has 0 fully saturated rings. The van der Waals surface area contributed by atoms with Gasteiger partial charge in [0.25, 0.3) is 0 Å². The van der Waals surface area contributed by atoms with Crippen molar-refractivity contribution >= 4 is 29.9 Å². The zero-order chi connectivity index (χ0) is 21.5. The summed E-state index contributed by atoms with van der Waals surface area (Å²) in [6.07, 6.45) is -0.790. The highest BCUT2D eigenvalue weighted by Crippen LogP contribution is 2.32. The van der Waals surface area contributed by atoms with E-state index in [0.29, 0.717) is 36.1 Å². The Bertz CT molecular complexity index is 871. The highest BCUT2D eigenvalue weighted by atomic mass is 127. The van der Waals surface area contributed by atoms with E-state index in [1.807, 2.05) is 37.1 Å². The average molecular weight is 543 g/mol. The first-order chi connectivity index (χ1) is 14.5. The molecule has 0 bridgehead atoms. The van der Waals surface area contributed by atoms with E-state index in [1.54, 1.807) is 32.4 Å². The van der Waals surface area contributed by atoms with Crippen LogP contribution in [0.1, 0.15) is 24.2 Å². The number of hydrogen-bond acceptors (Lipinski definition) is 6. The van der Waals surface area contributed by atoms with Crippen LogP contribution in [-0.2, 0) is 6.54 Å². The normalized spacial score (nSPS) is 13.3. The number of nitrogens with zero attached hydrogens (tertiary/aromatic N) is 2. The van der Waals surface area contributed by atoms with E-state index in [9.17, 15) is 5.11 Å². The minimum atomic E-state index is -0.790. The second-order valence-corrected chi connectivity index (χ2v) is 6.90. The molecule has 1 unspecified atom stereocenters. The molecular formula is C22H30IN3O5. The smallest absolute Gasteiger partial charge is 0.231 e. The van der Waals surface area contributed by atoms with Gasteiger partial charge in [0.15, 0.2) is 17.5 Å². The number of halogens is 1. The Morgan fingerprint density at radius 2 is 1.81 bits per heavy atom. The van der Waals surface area contributed by atoms with Gasteiger partial charge in [-0.1, -0.05) is 6.07 Å². The summed E-state index contributed by atoms with van der Waals surface area (Å²) in [7, 11) is 5.11. The predicted octanol–water partition coefficient (Wildman–Crippen LogP) is 3.18. The Hall–Kier alpha value is -2.40. The fraction of sp³-hybridized carbons (Fsp3) is 0.409. The minimum absolute atomic E-state index is 0. The zero-order valence-corrected chi connectivity index (χ0v) is 20.6. The number of methoxy groups -OCH3 is 2. The van der Waals surface area contributed by atoms with Crippen molar-refractivity contribution in [2.45, 2.75) is 19.6 Å². The van der Waals surface area contributed by atoms with E-state index in [-0.39, 0.29) is 37.3 Å². The van der Waals surface area contributed by atoms with Crippen LogP contribution in [-0.4, -0.2) is 57.1 Å². The third-order valence-corrected chi connectivity index (χ3v) is 4.73.